The number of carbonyl (C=O) groups is 10. The lowest BCUT2D eigenvalue weighted by atomic mass is 10.00. The molecule has 1 aromatic rings. The van der Waals surface area contributed by atoms with Gasteiger partial charge in [0.1, 0.15) is 48.3 Å². The number of carboxylic acids is 2. The van der Waals surface area contributed by atoms with E-state index in [1.165, 1.54) is 25.6 Å². The molecule has 0 unspecified atom stereocenters. The highest BCUT2D eigenvalue weighted by molar-refractivity contribution is 7.98. The zero-order chi connectivity index (χ0) is 50.8. The number of nitrogens with two attached hydrogens (primary N) is 1. The summed E-state index contributed by atoms with van der Waals surface area (Å²) in [5.41, 5.74) is 6.11. The van der Waals surface area contributed by atoms with Gasteiger partial charge in [0.05, 0.1) is 6.61 Å². The molecule has 1 rings (SSSR count). The average molecular weight is 966 g/mol. The minimum Gasteiger partial charge on any atom is -0.481 e. The molecule has 13 N–H and O–H groups in total. The summed E-state index contributed by atoms with van der Waals surface area (Å²) >= 11 is 1.40. The van der Waals surface area contributed by atoms with Crippen molar-refractivity contribution in [3.8, 4) is 0 Å². The van der Waals surface area contributed by atoms with Crippen molar-refractivity contribution in [2.24, 2.45) is 17.6 Å². The number of benzene rings is 1. The molecule has 8 atom stereocenters. The van der Waals surface area contributed by atoms with Crippen LogP contribution >= 0.6 is 11.8 Å². The molecule has 0 saturated carbocycles. The Kier molecular flexibility index (Phi) is 27.6. The predicted octanol–water partition coefficient (Wildman–Crippen LogP) is -1.33. The number of rotatable bonds is 32. The van der Waals surface area contributed by atoms with Crippen molar-refractivity contribution >= 4 is 71.0 Å². The molecule has 0 heterocycles. The molecule has 0 aromatic heterocycles. The van der Waals surface area contributed by atoms with E-state index in [1.54, 1.807) is 64.3 Å². The third-order valence-corrected chi connectivity index (χ3v) is 10.9. The highest BCUT2D eigenvalue weighted by atomic mass is 32.2. The zero-order valence-corrected chi connectivity index (χ0v) is 40.2. The van der Waals surface area contributed by atoms with Gasteiger partial charge in [-0.3, -0.25) is 43.2 Å². The lowest BCUT2D eigenvalue weighted by molar-refractivity contribution is -0.142. The fraction of sp³-hybridized carbons (Fsp3) is 0.636. The van der Waals surface area contributed by atoms with Crippen molar-refractivity contribution in [3.05, 3.63) is 35.9 Å². The van der Waals surface area contributed by atoms with E-state index in [1.807, 2.05) is 0 Å². The van der Waals surface area contributed by atoms with Gasteiger partial charge >= 0.3 is 11.9 Å². The Bertz CT molecular complexity index is 1820. The molecule has 8 amide bonds. The van der Waals surface area contributed by atoms with Crippen molar-refractivity contribution in [1.82, 2.24) is 42.5 Å². The number of nitrogens with one attached hydrogen (secondary N) is 8. The van der Waals surface area contributed by atoms with Gasteiger partial charge in [-0.1, -0.05) is 58.0 Å². The van der Waals surface area contributed by atoms with Crippen LogP contribution in [0, 0.1) is 11.8 Å². The Labute approximate surface area is 395 Å². The Balaban J connectivity index is 3.40. The maximum Gasteiger partial charge on any atom is 0.326 e. The second-order valence-electron chi connectivity index (χ2n) is 16.9. The molecule has 0 spiro atoms. The topological polar surface area (TPSA) is 354 Å². The highest BCUT2D eigenvalue weighted by Gasteiger charge is 2.35. The van der Waals surface area contributed by atoms with Crippen LogP contribution in [0.25, 0.3) is 0 Å². The zero-order valence-electron chi connectivity index (χ0n) is 39.3. The van der Waals surface area contributed by atoms with E-state index in [0.717, 1.165) is 0 Å². The number of carbonyl (C=O) groups excluding carboxylic acids is 8. The Morgan fingerprint density at radius 3 is 1.64 bits per heavy atom. The van der Waals surface area contributed by atoms with Crippen molar-refractivity contribution in [3.63, 3.8) is 0 Å². The smallest absolute Gasteiger partial charge is 0.326 e. The van der Waals surface area contributed by atoms with E-state index in [-0.39, 0.29) is 31.6 Å². The fourth-order valence-corrected chi connectivity index (χ4v) is 7.03. The van der Waals surface area contributed by atoms with E-state index in [4.69, 9.17) is 5.73 Å². The first kappa shape index (κ1) is 59.2. The molecule has 1 aromatic carbocycles. The highest BCUT2D eigenvalue weighted by Crippen LogP contribution is 2.12. The van der Waals surface area contributed by atoms with Gasteiger partial charge in [0, 0.05) is 19.8 Å². The number of amides is 8. The number of aliphatic hydroxyl groups is 1. The van der Waals surface area contributed by atoms with Crippen LogP contribution < -0.4 is 48.3 Å². The molecule has 0 fully saturated rings. The summed E-state index contributed by atoms with van der Waals surface area (Å²) in [5.74, 6) is -9.49. The Hall–Kier alpha value is -5.81. The lowest BCUT2D eigenvalue weighted by Gasteiger charge is -2.28. The molecule has 0 radical (unpaired) electrons. The Morgan fingerprint density at radius 1 is 0.597 bits per heavy atom. The first-order chi connectivity index (χ1) is 31.5. The van der Waals surface area contributed by atoms with Gasteiger partial charge < -0.3 is 63.6 Å². The van der Waals surface area contributed by atoms with E-state index in [2.05, 4.69) is 42.5 Å². The van der Waals surface area contributed by atoms with Crippen LogP contribution in [0.4, 0.5) is 0 Å². The summed E-state index contributed by atoms with van der Waals surface area (Å²) < 4.78 is 0. The minimum absolute atomic E-state index is 0.0833. The van der Waals surface area contributed by atoms with Crippen molar-refractivity contribution < 1.29 is 63.3 Å². The van der Waals surface area contributed by atoms with Crippen LogP contribution in [-0.2, 0) is 54.4 Å². The molecule has 0 aliphatic heterocycles. The molecular formula is C44H71N9O13S. The summed E-state index contributed by atoms with van der Waals surface area (Å²) in [6.45, 7) is 8.73. The largest absolute Gasteiger partial charge is 0.481 e. The molecule has 23 heteroatoms. The van der Waals surface area contributed by atoms with Crippen molar-refractivity contribution in [2.75, 3.05) is 25.2 Å². The summed E-state index contributed by atoms with van der Waals surface area (Å²) in [6, 6.07) is -2.29. The Morgan fingerprint density at radius 2 is 1.10 bits per heavy atom. The van der Waals surface area contributed by atoms with Crippen LogP contribution in [0.1, 0.15) is 92.1 Å². The van der Waals surface area contributed by atoms with Gasteiger partial charge in [-0.25, -0.2) is 4.79 Å². The number of unbranched alkanes of at least 4 members (excludes halogenated alkanes) is 1. The lowest BCUT2D eigenvalue weighted by Crippen LogP contribution is -2.61. The quantitative estimate of drug-likeness (QED) is 0.0373. The number of thioether (sulfide) groups is 1. The van der Waals surface area contributed by atoms with Gasteiger partial charge in [0.25, 0.3) is 0 Å². The number of aliphatic hydroxyl groups excluding tert-OH is 1. The van der Waals surface area contributed by atoms with Gasteiger partial charge in [0.2, 0.25) is 47.3 Å². The summed E-state index contributed by atoms with van der Waals surface area (Å²) in [7, 11) is 0. The molecule has 376 valence electrons. The molecule has 0 saturated heterocycles. The molecule has 67 heavy (non-hydrogen) atoms. The maximum atomic E-state index is 14.0. The fourth-order valence-electron chi connectivity index (χ4n) is 6.55. The van der Waals surface area contributed by atoms with Crippen LogP contribution in [0.15, 0.2) is 30.3 Å². The summed E-state index contributed by atoms with van der Waals surface area (Å²) in [6.07, 6.45) is 1.78. The summed E-state index contributed by atoms with van der Waals surface area (Å²) in [4.78, 5) is 130. The van der Waals surface area contributed by atoms with Gasteiger partial charge in [0.15, 0.2) is 0 Å². The van der Waals surface area contributed by atoms with Crippen LogP contribution in [0.5, 0.6) is 0 Å². The minimum atomic E-state index is -1.74. The second kappa shape index (κ2) is 31.2. The summed E-state index contributed by atoms with van der Waals surface area (Å²) in [5, 5.41) is 49.5. The monoisotopic (exact) mass is 965 g/mol. The van der Waals surface area contributed by atoms with Gasteiger partial charge in [-0.2, -0.15) is 11.8 Å². The molecule has 0 aliphatic carbocycles. The van der Waals surface area contributed by atoms with E-state index < -0.39 is 133 Å². The van der Waals surface area contributed by atoms with E-state index in [9.17, 15) is 63.3 Å². The first-order valence-electron chi connectivity index (χ1n) is 22.2. The second-order valence-corrected chi connectivity index (χ2v) is 17.8. The third-order valence-electron chi connectivity index (χ3n) is 10.2. The maximum absolute atomic E-state index is 14.0. The van der Waals surface area contributed by atoms with Gasteiger partial charge in [-0.15, -0.1) is 0 Å². The number of hydrogen-bond acceptors (Lipinski definition) is 13. The van der Waals surface area contributed by atoms with Crippen LogP contribution in [0.3, 0.4) is 0 Å². The molecule has 0 bridgehead atoms. The molecule has 22 nitrogen and oxygen atoms in total. The normalized spacial score (nSPS) is 14.7. The third kappa shape index (κ3) is 23.0. The van der Waals surface area contributed by atoms with E-state index >= 15 is 0 Å². The average Bonchev–Trinajstić information content (AvgIpc) is 3.25. The number of aliphatic carboxylic acids is 2. The number of hydrogen-bond donors (Lipinski definition) is 12. The SMILES string of the molecule is CSCC[C@H](NC(=O)[C@H](C)NC(C)=O)C(=O)N[C@H](C(=O)N[C@@H](CO)C(=O)N[C@@H](CCC(=O)O)C(=O)N[C@@H](Cc1ccccc1)C(=O)N[C@@H](CC(C)C)C(=O)N[C@@H](CCCCN)C(=O)O)C(C)C. The standard InChI is InChI=1S/C44H71N9O13S/c1-24(2)21-32(40(61)49-31(44(65)66)15-11-12-19-45)50-41(62)33(22-28-13-9-8-10-14-28)51-38(59)29(16-17-35(56)57)48-42(63)34(23-54)52-43(64)36(25(3)4)53-39(60)30(18-20-67-7)47-37(58)26(5)46-27(6)55/h8-10,13-14,24-26,29-34,36,54H,11-12,15-23,45H2,1-7H3,(H,46,55)(H,47,58)(H,48,63)(H,49,61)(H,50,62)(H,51,59)(H,52,64)(H,53,60)(H,56,57)(H,65,66)/t26-,29-,30-,31-,32-,33-,34-,36-/m0/s1. The van der Waals surface area contributed by atoms with E-state index in [0.29, 0.717) is 30.7 Å². The van der Waals surface area contributed by atoms with Gasteiger partial charge in [-0.05, 0) is 81.4 Å². The first-order valence-corrected chi connectivity index (χ1v) is 23.6. The van der Waals surface area contributed by atoms with Crippen molar-refractivity contribution in [1.29, 1.82) is 0 Å². The van der Waals surface area contributed by atoms with Crippen LogP contribution in [0.2, 0.25) is 0 Å². The number of carboxylic acid groups (broad SMARTS) is 2. The van der Waals surface area contributed by atoms with Crippen molar-refractivity contribution in [2.45, 2.75) is 141 Å². The molecular weight excluding hydrogens is 895 g/mol. The predicted molar refractivity (Wildman–Crippen MR) is 249 cm³/mol. The molecule has 0 aliphatic rings. The van der Waals surface area contributed by atoms with Crippen LogP contribution in [-0.4, -0.2) is 148 Å².